The average molecular weight is 364 g/mol. The summed E-state index contributed by atoms with van der Waals surface area (Å²) >= 11 is 0. The minimum absolute atomic E-state index is 0.0661. The van der Waals surface area contributed by atoms with Gasteiger partial charge in [0.15, 0.2) is 0 Å². The molecule has 0 saturated carbocycles. The first-order valence-corrected chi connectivity index (χ1v) is 9.24. The summed E-state index contributed by atoms with van der Waals surface area (Å²) < 4.78 is 5.37. The number of amides is 2. The van der Waals surface area contributed by atoms with Crippen LogP contribution in [0.25, 0.3) is 0 Å². The molecule has 0 N–H and O–H groups in total. The maximum absolute atomic E-state index is 13.1. The van der Waals surface area contributed by atoms with Crippen molar-refractivity contribution in [3.05, 3.63) is 59.2 Å². The fourth-order valence-corrected chi connectivity index (χ4v) is 4.27. The lowest BCUT2D eigenvalue weighted by molar-refractivity contribution is -0.130. The van der Waals surface area contributed by atoms with E-state index >= 15 is 0 Å². The van der Waals surface area contributed by atoms with Crippen LogP contribution in [0.1, 0.15) is 23.1 Å². The number of rotatable bonds is 3. The normalized spacial score (nSPS) is 21.1. The third kappa shape index (κ3) is 2.78. The van der Waals surface area contributed by atoms with Gasteiger partial charge in [-0.05, 0) is 42.7 Å². The molecule has 2 amide bonds. The highest BCUT2D eigenvalue weighted by molar-refractivity contribution is 6.08. The first-order valence-electron chi connectivity index (χ1n) is 9.24. The molecule has 1 unspecified atom stereocenters. The number of benzene rings is 2. The molecular weight excluding hydrogens is 340 g/mol. The molecule has 2 aromatic rings. The largest absolute Gasteiger partial charge is 0.497 e. The highest BCUT2D eigenvalue weighted by Crippen LogP contribution is 2.48. The monoisotopic (exact) mass is 364 g/mol. The molecule has 0 radical (unpaired) electrons. The minimum Gasteiger partial charge on any atom is -0.497 e. The third-order valence-corrected chi connectivity index (χ3v) is 5.89. The van der Waals surface area contributed by atoms with Crippen LogP contribution in [0, 0.1) is 6.92 Å². The zero-order valence-electron chi connectivity index (χ0n) is 16.0. The Hall–Kier alpha value is -2.82. The quantitative estimate of drug-likeness (QED) is 0.841. The van der Waals surface area contributed by atoms with Gasteiger partial charge in [0.1, 0.15) is 5.75 Å². The number of hydrogen-bond donors (Lipinski definition) is 0. The molecule has 2 heterocycles. The van der Waals surface area contributed by atoms with Crippen LogP contribution >= 0.6 is 0 Å². The Bertz CT molecular complexity index is 906. The van der Waals surface area contributed by atoms with E-state index < -0.39 is 5.41 Å². The zero-order chi connectivity index (χ0) is 19.2. The summed E-state index contributed by atoms with van der Waals surface area (Å²) in [4.78, 5) is 29.5. The van der Waals surface area contributed by atoms with E-state index in [0.717, 1.165) is 22.6 Å². The number of carbonyl (C=O) groups excluding carboxylic acids is 2. The maximum Gasteiger partial charge on any atom is 0.239 e. The molecule has 2 aliphatic heterocycles. The van der Waals surface area contributed by atoms with E-state index in [1.54, 1.807) is 19.1 Å². The summed E-state index contributed by atoms with van der Waals surface area (Å²) in [5.74, 6) is 0.875. The number of aryl methyl sites for hydroxylation is 1. The Morgan fingerprint density at radius 2 is 1.93 bits per heavy atom. The summed E-state index contributed by atoms with van der Waals surface area (Å²) in [7, 11) is 3.43. The van der Waals surface area contributed by atoms with Crippen molar-refractivity contribution in [3.63, 3.8) is 0 Å². The van der Waals surface area contributed by atoms with Gasteiger partial charge in [-0.25, -0.2) is 0 Å². The average Bonchev–Trinajstić information content (AvgIpc) is 3.21. The molecule has 1 saturated heterocycles. The number of ether oxygens (including phenoxy) is 1. The lowest BCUT2D eigenvalue weighted by atomic mass is 9.81. The van der Waals surface area contributed by atoms with Crippen molar-refractivity contribution in [3.8, 4) is 5.75 Å². The number of anilines is 1. The van der Waals surface area contributed by atoms with Gasteiger partial charge in [0.25, 0.3) is 0 Å². The first kappa shape index (κ1) is 17.6. The van der Waals surface area contributed by atoms with Gasteiger partial charge in [-0.15, -0.1) is 0 Å². The van der Waals surface area contributed by atoms with Crippen LogP contribution < -0.4 is 9.64 Å². The molecule has 2 aliphatic rings. The van der Waals surface area contributed by atoms with Crippen molar-refractivity contribution in [2.45, 2.75) is 25.2 Å². The van der Waals surface area contributed by atoms with Gasteiger partial charge in [-0.2, -0.15) is 0 Å². The van der Waals surface area contributed by atoms with Crippen molar-refractivity contribution in [2.24, 2.45) is 0 Å². The van der Waals surface area contributed by atoms with Crippen molar-refractivity contribution >= 4 is 17.5 Å². The van der Waals surface area contributed by atoms with E-state index in [4.69, 9.17) is 4.74 Å². The van der Waals surface area contributed by atoms with Gasteiger partial charge in [-0.1, -0.05) is 29.8 Å². The number of hydrogen-bond acceptors (Lipinski definition) is 3. The molecule has 1 fully saturated rings. The fourth-order valence-electron chi connectivity index (χ4n) is 4.27. The van der Waals surface area contributed by atoms with Gasteiger partial charge < -0.3 is 14.5 Å². The number of likely N-dealkylation sites (tertiary alicyclic amines) is 1. The van der Waals surface area contributed by atoms with Crippen LogP contribution in [-0.2, 0) is 21.4 Å². The number of carbonyl (C=O) groups is 2. The van der Waals surface area contributed by atoms with Crippen molar-refractivity contribution in [1.82, 2.24) is 4.90 Å². The molecular formula is C22H24N2O3. The molecule has 1 spiro atoms. The van der Waals surface area contributed by atoms with Gasteiger partial charge in [0, 0.05) is 25.8 Å². The van der Waals surface area contributed by atoms with Crippen molar-refractivity contribution < 1.29 is 14.3 Å². The fraction of sp³-hybridized carbons (Fsp3) is 0.364. The van der Waals surface area contributed by atoms with Crippen LogP contribution in [0.5, 0.6) is 5.75 Å². The van der Waals surface area contributed by atoms with Crippen molar-refractivity contribution in [1.29, 1.82) is 0 Å². The SMILES string of the molecule is COc1ccc2c(c1)C1(CCN(C(=O)Cc3ccc(C)cc3)C1)C(=O)N2C. The number of nitrogens with zero attached hydrogens (tertiary/aromatic N) is 2. The molecule has 27 heavy (non-hydrogen) atoms. The summed E-state index contributed by atoms with van der Waals surface area (Å²) in [6.45, 7) is 3.06. The van der Waals surface area contributed by atoms with E-state index in [-0.39, 0.29) is 11.8 Å². The topological polar surface area (TPSA) is 49.9 Å². The number of likely N-dealkylation sites (N-methyl/N-ethyl adjacent to an activating group) is 1. The molecule has 2 aromatic carbocycles. The lowest BCUT2D eigenvalue weighted by Crippen LogP contribution is -2.42. The second-order valence-corrected chi connectivity index (χ2v) is 7.56. The summed E-state index contributed by atoms with van der Waals surface area (Å²) in [5, 5.41) is 0. The second-order valence-electron chi connectivity index (χ2n) is 7.56. The Morgan fingerprint density at radius 1 is 1.19 bits per heavy atom. The van der Waals surface area contributed by atoms with E-state index in [1.807, 2.05) is 54.3 Å². The van der Waals surface area contributed by atoms with Gasteiger partial charge in [0.05, 0.1) is 18.9 Å². The summed E-state index contributed by atoms with van der Waals surface area (Å²) in [6, 6.07) is 13.8. The highest BCUT2D eigenvalue weighted by Gasteiger charge is 2.54. The predicted octanol–water partition coefficient (Wildman–Crippen LogP) is 2.69. The Balaban J connectivity index is 1.59. The van der Waals surface area contributed by atoms with Crippen LogP contribution in [0.3, 0.4) is 0 Å². The van der Waals surface area contributed by atoms with Gasteiger partial charge in [0.2, 0.25) is 11.8 Å². The predicted molar refractivity (Wildman–Crippen MR) is 104 cm³/mol. The molecule has 0 bridgehead atoms. The van der Waals surface area contributed by atoms with Crippen LogP contribution in [0.4, 0.5) is 5.69 Å². The number of fused-ring (bicyclic) bond motifs is 2. The minimum atomic E-state index is -0.651. The smallest absolute Gasteiger partial charge is 0.239 e. The van der Waals surface area contributed by atoms with Crippen LogP contribution in [0.2, 0.25) is 0 Å². The molecule has 0 aliphatic carbocycles. The summed E-state index contributed by atoms with van der Waals surface area (Å²) in [5.41, 5.74) is 3.41. The highest BCUT2D eigenvalue weighted by atomic mass is 16.5. The molecule has 5 heteroatoms. The number of methoxy groups -OCH3 is 1. The van der Waals surface area contributed by atoms with E-state index in [9.17, 15) is 9.59 Å². The van der Waals surface area contributed by atoms with E-state index in [0.29, 0.717) is 25.9 Å². The van der Waals surface area contributed by atoms with E-state index in [1.165, 1.54) is 5.56 Å². The third-order valence-electron chi connectivity index (χ3n) is 5.89. The van der Waals surface area contributed by atoms with Crippen LogP contribution in [0.15, 0.2) is 42.5 Å². The lowest BCUT2D eigenvalue weighted by Gasteiger charge is -2.23. The molecule has 0 aromatic heterocycles. The Morgan fingerprint density at radius 3 is 2.63 bits per heavy atom. The maximum atomic E-state index is 13.1. The molecule has 140 valence electrons. The first-order chi connectivity index (χ1) is 12.9. The van der Waals surface area contributed by atoms with E-state index in [2.05, 4.69) is 0 Å². The van der Waals surface area contributed by atoms with Crippen molar-refractivity contribution in [2.75, 3.05) is 32.1 Å². The Labute approximate surface area is 159 Å². The summed E-state index contributed by atoms with van der Waals surface area (Å²) in [6.07, 6.45) is 1.02. The molecule has 1 atom stereocenters. The zero-order valence-corrected chi connectivity index (χ0v) is 16.0. The van der Waals surface area contributed by atoms with Gasteiger partial charge in [-0.3, -0.25) is 9.59 Å². The molecule has 5 nitrogen and oxygen atoms in total. The van der Waals surface area contributed by atoms with Gasteiger partial charge >= 0.3 is 0 Å². The Kier molecular flexibility index (Phi) is 4.17. The van der Waals surface area contributed by atoms with Crippen LogP contribution in [-0.4, -0.2) is 44.0 Å². The standard InChI is InChI=1S/C22H24N2O3/c1-15-4-6-16(7-5-15)12-20(25)24-11-10-22(14-24)18-13-17(27-3)8-9-19(18)23(2)21(22)26/h4-9,13H,10-12,14H2,1-3H3. The molecule has 4 rings (SSSR count). The second kappa shape index (κ2) is 6.41.